The normalized spacial score (nSPS) is 20.6. The quantitative estimate of drug-likeness (QED) is 0.847. The molecule has 2 unspecified atom stereocenters. The fourth-order valence-electron chi connectivity index (χ4n) is 2.12. The topological polar surface area (TPSA) is 79.4 Å². The number of carbonyl (C=O) groups excluding carboxylic acids is 1. The maximum atomic E-state index is 12.2. The summed E-state index contributed by atoms with van der Waals surface area (Å²) < 4.78 is 5.21. The van der Waals surface area contributed by atoms with Gasteiger partial charge in [0, 0.05) is 6.54 Å². The average molecular weight is 259 g/mol. The number of benzene rings is 1. The van der Waals surface area contributed by atoms with E-state index in [1.807, 2.05) is 36.4 Å². The molecule has 2 N–H and O–H groups in total. The Labute approximate surface area is 112 Å². The van der Waals surface area contributed by atoms with Crippen LogP contribution in [0.3, 0.4) is 0 Å². The lowest BCUT2D eigenvalue weighted by Crippen LogP contribution is -2.51. The van der Waals surface area contributed by atoms with E-state index < -0.39 is 12.1 Å². The third-order valence-electron chi connectivity index (χ3n) is 3.14. The Morgan fingerprint density at radius 2 is 2.26 bits per heavy atom. The van der Waals surface area contributed by atoms with E-state index in [4.69, 9.17) is 15.7 Å². The number of carbonyl (C=O) groups is 1. The van der Waals surface area contributed by atoms with Crippen LogP contribution in [0.4, 0.5) is 0 Å². The summed E-state index contributed by atoms with van der Waals surface area (Å²) >= 11 is 0. The zero-order valence-electron chi connectivity index (χ0n) is 10.7. The van der Waals surface area contributed by atoms with Crippen molar-refractivity contribution in [1.82, 2.24) is 4.90 Å². The summed E-state index contributed by atoms with van der Waals surface area (Å²) in [6.45, 7) is 1.19. The van der Waals surface area contributed by atoms with E-state index in [2.05, 4.69) is 0 Å². The Balaban J connectivity index is 1.94. The second kappa shape index (κ2) is 6.32. The van der Waals surface area contributed by atoms with Crippen LogP contribution in [0.15, 0.2) is 30.3 Å². The number of rotatable bonds is 3. The number of hydrogen-bond donors (Lipinski definition) is 1. The SMILES string of the molecule is N#CC1CN(C(=O)C(N)Cc2ccccc2)CCO1. The molecule has 0 spiro atoms. The van der Waals surface area contributed by atoms with Crippen molar-refractivity contribution in [2.24, 2.45) is 5.73 Å². The molecule has 19 heavy (non-hydrogen) atoms. The Morgan fingerprint density at radius 3 is 2.95 bits per heavy atom. The lowest BCUT2D eigenvalue weighted by atomic mass is 10.1. The average Bonchev–Trinajstić information content (AvgIpc) is 2.47. The summed E-state index contributed by atoms with van der Waals surface area (Å²) in [5.74, 6) is -0.118. The minimum atomic E-state index is -0.570. The second-order valence-electron chi connectivity index (χ2n) is 4.57. The summed E-state index contributed by atoms with van der Waals surface area (Å²) in [5, 5.41) is 8.82. The largest absolute Gasteiger partial charge is 0.360 e. The highest BCUT2D eigenvalue weighted by molar-refractivity contribution is 5.82. The predicted molar refractivity (Wildman–Crippen MR) is 70.1 cm³/mol. The van der Waals surface area contributed by atoms with E-state index in [0.717, 1.165) is 5.56 Å². The first-order valence-corrected chi connectivity index (χ1v) is 6.30. The summed E-state index contributed by atoms with van der Waals surface area (Å²) in [5.41, 5.74) is 6.99. The van der Waals surface area contributed by atoms with Crippen LogP contribution < -0.4 is 5.73 Å². The van der Waals surface area contributed by atoms with E-state index in [-0.39, 0.29) is 5.91 Å². The molecule has 0 aromatic heterocycles. The standard InChI is InChI=1S/C14H17N3O2/c15-9-12-10-17(6-7-19-12)14(18)13(16)8-11-4-2-1-3-5-11/h1-5,12-13H,6-8,10,16H2. The van der Waals surface area contributed by atoms with Crippen LogP contribution in [-0.2, 0) is 16.0 Å². The highest BCUT2D eigenvalue weighted by Gasteiger charge is 2.27. The lowest BCUT2D eigenvalue weighted by Gasteiger charge is -2.31. The molecule has 0 radical (unpaired) electrons. The molecule has 100 valence electrons. The Morgan fingerprint density at radius 1 is 1.53 bits per heavy atom. The van der Waals surface area contributed by atoms with Crippen molar-refractivity contribution >= 4 is 5.91 Å². The van der Waals surface area contributed by atoms with Gasteiger partial charge < -0.3 is 15.4 Å². The minimum Gasteiger partial charge on any atom is -0.360 e. The molecule has 1 heterocycles. The van der Waals surface area contributed by atoms with Crippen molar-refractivity contribution in [3.63, 3.8) is 0 Å². The number of nitrogens with two attached hydrogens (primary N) is 1. The molecule has 1 fully saturated rings. The fourth-order valence-corrected chi connectivity index (χ4v) is 2.12. The van der Waals surface area contributed by atoms with Gasteiger partial charge in [0.05, 0.1) is 25.3 Å². The second-order valence-corrected chi connectivity index (χ2v) is 4.57. The van der Waals surface area contributed by atoms with Crippen molar-refractivity contribution in [1.29, 1.82) is 5.26 Å². The van der Waals surface area contributed by atoms with Gasteiger partial charge in [0.25, 0.3) is 0 Å². The van der Waals surface area contributed by atoms with Crippen LogP contribution in [0.25, 0.3) is 0 Å². The van der Waals surface area contributed by atoms with Gasteiger partial charge in [-0.1, -0.05) is 30.3 Å². The van der Waals surface area contributed by atoms with E-state index in [0.29, 0.717) is 26.1 Å². The zero-order valence-corrected chi connectivity index (χ0v) is 10.7. The van der Waals surface area contributed by atoms with Crippen molar-refractivity contribution < 1.29 is 9.53 Å². The molecule has 0 saturated carbocycles. The first kappa shape index (κ1) is 13.5. The first-order chi connectivity index (χ1) is 9.20. The molecular weight excluding hydrogens is 242 g/mol. The number of nitriles is 1. The molecule has 2 atom stereocenters. The Bertz CT molecular complexity index is 469. The van der Waals surface area contributed by atoms with Crippen molar-refractivity contribution in [3.05, 3.63) is 35.9 Å². The molecule has 2 rings (SSSR count). The molecule has 1 aliphatic heterocycles. The Hall–Kier alpha value is -1.90. The molecule has 1 aromatic carbocycles. The first-order valence-electron chi connectivity index (χ1n) is 6.30. The summed E-state index contributed by atoms with van der Waals surface area (Å²) in [6, 6.07) is 11.1. The van der Waals surface area contributed by atoms with Crippen molar-refractivity contribution in [2.45, 2.75) is 18.6 Å². The van der Waals surface area contributed by atoms with Gasteiger partial charge >= 0.3 is 0 Å². The molecule has 1 aromatic rings. The predicted octanol–water partition coefficient (Wildman–Crippen LogP) is 0.307. The molecule has 5 nitrogen and oxygen atoms in total. The third-order valence-corrected chi connectivity index (χ3v) is 3.14. The van der Waals surface area contributed by atoms with E-state index in [9.17, 15) is 4.79 Å². The number of hydrogen-bond acceptors (Lipinski definition) is 4. The number of nitrogens with zero attached hydrogens (tertiary/aromatic N) is 2. The fraction of sp³-hybridized carbons (Fsp3) is 0.429. The van der Waals surface area contributed by atoms with Crippen LogP contribution in [0, 0.1) is 11.3 Å². The maximum Gasteiger partial charge on any atom is 0.240 e. The molecular formula is C14H17N3O2. The van der Waals surface area contributed by atoms with Crippen molar-refractivity contribution in [2.75, 3.05) is 19.7 Å². The van der Waals surface area contributed by atoms with Crippen LogP contribution >= 0.6 is 0 Å². The summed E-state index contributed by atoms with van der Waals surface area (Å²) in [7, 11) is 0. The molecule has 1 saturated heterocycles. The van der Waals surface area contributed by atoms with Gasteiger partial charge in [-0.3, -0.25) is 4.79 Å². The van der Waals surface area contributed by atoms with Crippen LogP contribution in [0.2, 0.25) is 0 Å². The van der Waals surface area contributed by atoms with E-state index in [1.54, 1.807) is 4.90 Å². The monoisotopic (exact) mass is 259 g/mol. The van der Waals surface area contributed by atoms with E-state index >= 15 is 0 Å². The maximum absolute atomic E-state index is 12.2. The Kier molecular flexibility index (Phi) is 4.50. The highest BCUT2D eigenvalue weighted by atomic mass is 16.5. The van der Waals surface area contributed by atoms with Gasteiger partial charge in [-0.2, -0.15) is 5.26 Å². The molecule has 0 bridgehead atoms. The molecule has 0 aliphatic carbocycles. The van der Waals surface area contributed by atoms with Crippen LogP contribution in [0.5, 0.6) is 0 Å². The van der Waals surface area contributed by atoms with Crippen LogP contribution in [-0.4, -0.2) is 42.6 Å². The van der Waals surface area contributed by atoms with Gasteiger partial charge in [0.15, 0.2) is 6.10 Å². The molecule has 5 heteroatoms. The highest BCUT2D eigenvalue weighted by Crippen LogP contribution is 2.08. The molecule has 1 aliphatic rings. The number of morpholine rings is 1. The summed E-state index contributed by atoms with van der Waals surface area (Å²) in [4.78, 5) is 13.8. The third kappa shape index (κ3) is 3.53. The van der Waals surface area contributed by atoms with Crippen LogP contribution in [0.1, 0.15) is 5.56 Å². The number of amides is 1. The van der Waals surface area contributed by atoms with Crippen molar-refractivity contribution in [3.8, 4) is 6.07 Å². The van der Waals surface area contributed by atoms with Gasteiger partial charge in [-0.15, -0.1) is 0 Å². The van der Waals surface area contributed by atoms with Gasteiger partial charge in [0.2, 0.25) is 5.91 Å². The lowest BCUT2D eigenvalue weighted by molar-refractivity contribution is -0.138. The number of ether oxygens (including phenoxy) is 1. The van der Waals surface area contributed by atoms with Gasteiger partial charge in [-0.05, 0) is 12.0 Å². The minimum absolute atomic E-state index is 0.118. The summed E-state index contributed by atoms with van der Waals surface area (Å²) in [6.07, 6.45) is -0.0320. The van der Waals surface area contributed by atoms with E-state index in [1.165, 1.54) is 0 Å². The van der Waals surface area contributed by atoms with Gasteiger partial charge in [0.1, 0.15) is 0 Å². The zero-order chi connectivity index (χ0) is 13.7. The smallest absolute Gasteiger partial charge is 0.240 e. The molecule has 1 amide bonds. The van der Waals surface area contributed by atoms with Gasteiger partial charge in [-0.25, -0.2) is 0 Å².